The summed E-state index contributed by atoms with van der Waals surface area (Å²) in [5, 5.41) is 13.9. The number of carboxylic acid groups (broad SMARTS) is 1. The highest BCUT2D eigenvalue weighted by Gasteiger charge is 2.14. The van der Waals surface area contributed by atoms with Gasteiger partial charge in [-0.3, -0.25) is 4.57 Å². The van der Waals surface area contributed by atoms with E-state index in [1.165, 1.54) is 4.68 Å². The minimum atomic E-state index is -0.956. The van der Waals surface area contributed by atoms with Crippen molar-refractivity contribution in [2.24, 2.45) is 0 Å². The second-order valence-corrected chi connectivity index (χ2v) is 6.93. The zero-order valence-electron chi connectivity index (χ0n) is 16.5. The van der Waals surface area contributed by atoms with Crippen molar-refractivity contribution in [3.63, 3.8) is 0 Å². The summed E-state index contributed by atoms with van der Waals surface area (Å²) in [7, 11) is 0. The standard InChI is InChI=1S/C24H21N3O3/c1-2-22-25-27(19-8-4-3-5-9-19)24(30)26(22)16-17-12-14-18(15-13-17)20-10-6-7-11-21(20)23(28)29/h3-15H,2,16H2,1H3,(H,28,29). The van der Waals surface area contributed by atoms with Crippen LogP contribution in [0, 0.1) is 0 Å². The molecule has 4 aromatic rings. The van der Waals surface area contributed by atoms with Crippen LogP contribution in [0.1, 0.15) is 28.7 Å². The largest absolute Gasteiger partial charge is 0.478 e. The number of rotatable bonds is 6. The summed E-state index contributed by atoms with van der Waals surface area (Å²) >= 11 is 0. The van der Waals surface area contributed by atoms with E-state index < -0.39 is 5.97 Å². The molecule has 150 valence electrons. The van der Waals surface area contributed by atoms with Crippen molar-refractivity contribution >= 4 is 5.97 Å². The van der Waals surface area contributed by atoms with Crippen LogP contribution in [-0.2, 0) is 13.0 Å². The van der Waals surface area contributed by atoms with Crippen molar-refractivity contribution < 1.29 is 9.90 Å². The number of nitrogens with zero attached hydrogens (tertiary/aromatic N) is 3. The van der Waals surface area contributed by atoms with Crippen molar-refractivity contribution in [3.05, 3.63) is 106 Å². The van der Waals surface area contributed by atoms with Crippen molar-refractivity contribution in [1.29, 1.82) is 0 Å². The predicted octanol–water partition coefficient (Wildman–Crippen LogP) is 4.01. The maximum absolute atomic E-state index is 13.0. The van der Waals surface area contributed by atoms with E-state index in [9.17, 15) is 14.7 Å². The zero-order valence-corrected chi connectivity index (χ0v) is 16.5. The van der Waals surface area contributed by atoms with Crippen LogP contribution < -0.4 is 5.69 Å². The highest BCUT2D eigenvalue weighted by molar-refractivity contribution is 5.95. The molecule has 0 aliphatic carbocycles. The molecule has 0 saturated heterocycles. The van der Waals surface area contributed by atoms with Crippen LogP contribution in [0.2, 0.25) is 0 Å². The molecular weight excluding hydrogens is 378 g/mol. The molecule has 30 heavy (non-hydrogen) atoms. The van der Waals surface area contributed by atoms with Gasteiger partial charge in [0.1, 0.15) is 5.82 Å². The van der Waals surface area contributed by atoms with Gasteiger partial charge in [0.25, 0.3) is 0 Å². The zero-order chi connectivity index (χ0) is 21.1. The molecule has 1 heterocycles. The van der Waals surface area contributed by atoms with Crippen LogP contribution in [-0.4, -0.2) is 25.4 Å². The first-order valence-corrected chi connectivity index (χ1v) is 9.74. The average molecular weight is 399 g/mol. The van der Waals surface area contributed by atoms with Gasteiger partial charge in [0.2, 0.25) is 0 Å². The minimum absolute atomic E-state index is 0.182. The molecule has 0 amide bonds. The molecule has 6 nitrogen and oxygen atoms in total. The Kier molecular flexibility index (Phi) is 5.30. The second kappa shape index (κ2) is 8.21. The number of hydrogen-bond acceptors (Lipinski definition) is 3. The lowest BCUT2D eigenvalue weighted by atomic mass is 9.99. The van der Waals surface area contributed by atoms with Crippen LogP contribution in [0.5, 0.6) is 0 Å². The topological polar surface area (TPSA) is 77.1 Å². The van der Waals surface area contributed by atoms with Gasteiger partial charge < -0.3 is 5.11 Å². The molecule has 0 aliphatic rings. The van der Waals surface area contributed by atoms with E-state index in [1.807, 2.05) is 67.6 Å². The summed E-state index contributed by atoms with van der Waals surface area (Å²) in [4.78, 5) is 24.4. The van der Waals surface area contributed by atoms with Gasteiger partial charge in [0.05, 0.1) is 17.8 Å². The van der Waals surface area contributed by atoms with Gasteiger partial charge >= 0.3 is 11.7 Å². The summed E-state index contributed by atoms with van der Waals surface area (Å²) in [6.45, 7) is 2.37. The predicted molar refractivity (Wildman–Crippen MR) is 115 cm³/mol. The van der Waals surface area contributed by atoms with Gasteiger partial charge in [0.15, 0.2) is 0 Å². The van der Waals surface area contributed by atoms with Crippen molar-refractivity contribution in [1.82, 2.24) is 14.3 Å². The number of carboxylic acids is 1. The Labute approximate surface area is 173 Å². The maximum Gasteiger partial charge on any atom is 0.351 e. The third-order valence-electron chi connectivity index (χ3n) is 5.02. The average Bonchev–Trinajstić information content (AvgIpc) is 3.10. The normalized spacial score (nSPS) is 10.8. The van der Waals surface area contributed by atoms with E-state index >= 15 is 0 Å². The Bertz CT molecular complexity index is 1240. The van der Waals surface area contributed by atoms with Crippen LogP contribution in [0.15, 0.2) is 83.7 Å². The Morgan fingerprint density at radius 2 is 1.60 bits per heavy atom. The number of aromatic carboxylic acids is 1. The summed E-state index contributed by atoms with van der Waals surface area (Å²) < 4.78 is 3.10. The third kappa shape index (κ3) is 3.67. The van der Waals surface area contributed by atoms with E-state index in [1.54, 1.807) is 22.8 Å². The Morgan fingerprint density at radius 1 is 0.933 bits per heavy atom. The quantitative estimate of drug-likeness (QED) is 0.531. The number of benzene rings is 3. The number of hydrogen-bond donors (Lipinski definition) is 1. The van der Waals surface area contributed by atoms with Crippen LogP contribution >= 0.6 is 0 Å². The highest BCUT2D eigenvalue weighted by atomic mass is 16.4. The number of aromatic nitrogens is 3. The molecule has 0 aliphatic heterocycles. The molecule has 0 bridgehead atoms. The lowest BCUT2D eigenvalue weighted by Gasteiger charge is -2.08. The van der Waals surface area contributed by atoms with Crippen molar-refractivity contribution in [2.75, 3.05) is 0 Å². The van der Waals surface area contributed by atoms with Gasteiger partial charge in [-0.25, -0.2) is 9.59 Å². The molecule has 6 heteroatoms. The first-order valence-electron chi connectivity index (χ1n) is 9.74. The number of carbonyl (C=O) groups is 1. The molecule has 0 fully saturated rings. The minimum Gasteiger partial charge on any atom is -0.478 e. The number of para-hydroxylation sites is 1. The van der Waals surface area contributed by atoms with E-state index in [0.29, 0.717) is 24.4 Å². The molecule has 4 rings (SSSR count). The highest BCUT2D eigenvalue weighted by Crippen LogP contribution is 2.24. The molecule has 1 N–H and O–H groups in total. The van der Waals surface area contributed by atoms with Gasteiger partial charge in [0, 0.05) is 6.42 Å². The van der Waals surface area contributed by atoms with E-state index in [0.717, 1.165) is 16.8 Å². The Hall–Kier alpha value is -3.93. The molecule has 0 saturated carbocycles. The monoisotopic (exact) mass is 399 g/mol. The smallest absolute Gasteiger partial charge is 0.351 e. The van der Waals surface area contributed by atoms with Crippen LogP contribution in [0.4, 0.5) is 0 Å². The summed E-state index contributed by atoms with van der Waals surface area (Å²) in [6, 6.07) is 23.9. The van der Waals surface area contributed by atoms with E-state index in [4.69, 9.17) is 0 Å². The second-order valence-electron chi connectivity index (χ2n) is 6.93. The summed E-state index contributed by atoms with van der Waals surface area (Å²) in [5.41, 5.74) is 3.24. The van der Waals surface area contributed by atoms with Crippen LogP contribution in [0.3, 0.4) is 0 Å². The lowest BCUT2D eigenvalue weighted by Crippen LogP contribution is -2.24. The maximum atomic E-state index is 13.0. The Balaban J connectivity index is 1.66. The van der Waals surface area contributed by atoms with Gasteiger partial charge in [-0.15, -0.1) is 5.10 Å². The van der Waals surface area contributed by atoms with Crippen LogP contribution in [0.25, 0.3) is 16.8 Å². The first kappa shape index (κ1) is 19.4. The first-order chi connectivity index (χ1) is 14.6. The van der Waals surface area contributed by atoms with Gasteiger partial charge in [-0.2, -0.15) is 4.68 Å². The van der Waals surface area contributed by atoms with Gasteiger partial charge in [-0.05, 0) is 34.9 Å². The molecule has 1 aromatic heterocycles. The summed E-state index contributed by atoms with van der Waals surface area (Å²) in [5.74, 6) is -0.244. The molecule has 0 unspecified atom stereocenters. The van der Waals surface area contributed by atoms with Crippen molar-refractivity contribution in [2.45, 2.75) is 19.9 Å². The van der Waals surface area contributed by atoms with Gasteiger partial charge in [-0.1, -0.05) is 67.6 Å². The fourth-order valence-corrected chi connectivity index (χ4v) is 3.49. The Morgan fingerprint density at radius 3 is 2.27 bits per heavy atom. The molecular formula is C24H21N3O3. The van der Waals surface area contributed by atoms with E-state index in [2.05, 4.69) is 5.10 Å². The lowest BCUT2D eigenvalue weighted by molar-refractivity contribution is 0.0697. The molecule has 3 aromatic carbocycles. The molecule has 0 spiro atoms. The third-order valence-corrected chi connectivity index (χ3v) is 5.02. The molecule has 0 atom stereocenters. The number of aryl methyl sites for hydroxylation is 1. The summed E-state index contributed by atoms with van der Waals surface area (Å²) in [6.07, 6.45) is 0.638. The van der Waals surface area contributed by atoms with E-state index in [-0.39, 0.29) is 11.3 Å². The fourth-order valence-electron chi connectivity index (χ4n) is 3.49. The fraction of sp³-hybridized carbons (Fsp3) is 0.125. The van der Waals surface area contributed by atoms with Crippen molar-refractivity contribution in [3.8, 4) is 16.8 Å². The SMILES string of the molecule is CCc1nn(-c2ccccc2)c(=O)n1Cc1ccc(-c2ccccc2C(=O)O)cc1. The molecule has 0 radical (unpaired) electrons.